The van der Waals surface area contributed by atoms with Gasteiger partial charge in [-0.25, -0.2) is 4.79 Å². The molecule has 0 radical (unpaired) electrons. The molecule has 6 rings (SSSR count). The number of amides is 2. The first-order valence-electron chi connectivity index (χ1n) is 12.6. The van der Waals surface area contributed by atoms with Crippen LogP contribution in [0, 0.1) is 5.92 Å². The number of aryl methyl sites for hydroxylation is 1. The maximum absolute atomic E-state index is 12.4. The summed E-state index contributed by atoms with van der Waals surface area (Å²) in [5.74, 6) is 1.96. The van der Waals surface area contributed by atoms with E-state index in [4.69, 9.17) is 9.84 Å². The molecular weight excluding hydrogens is 414 g/mol. The van der Waals surface area contributed by atoms with Crippen molar-refractivity contribution >= 4 is 6.03 Å². The highest BCUT2D eigenvalue weighted by molar-refractivity contribution is 5.74. The molecule has 4 atom stereocenters. The lowest BCUT2D eigenvalue weighted by Gasteiger charge is -2.50. The molecule has 7 nitrogen and oxygen atoms in total. The fourth-order valence-electron chi connectivity index (χ4n) is 6.20. The quantitative estimate of drug-likeness (QED) is 0.699. The molecule has 2 N–H and O–H groups in total. The lowest BCUT2D eigenvalue weighted by atomic mass is 9.74. The van der Waals surface area contributed by atoms with Crippen molar-refractivity contribution in [2.75, 3.05) is 26.7 Å². The van der Waals surface area contributed by atoms with Crippen LogP contribution in [0.2, 0.25) is 0 Å². The molecule has 3 aliphatic heterocycles. The molecule has 1 aromatic heterocycles. The van der Waals surface area contributed by atoms with Gasteiger partial charge in [-0.2, -0.15) is 5.10 Å². The molecule has 0 spiro atoms. The summed E-state index contributed by atoms with van der Waals surface area (Å²) in [4.78, 5) is 15.0. The number of ether oxygens (including phenoxy) is 1. The third kappa shape index (κ3) is 4.74. The van der Waals surface area contributed by atoms with Crippen molar-refractivity contribution in [2.45, 2.75) is 62.9 Å². The van der Waals surface area contributed by atoms with E-state index >= 15 is 0 Å². The van der Waals surface area contributed by atoms with Crippen LogP contribution < -0.4 is 15.4 Å². The Balaban J connectivity index is 1.21. The normalized spacial score (nSPS) is 27.3. The Bertz CT molecular complexity index is 967. The topological polar surface area (TPSA) is 71.4 Å². The lowest BCUT2D eigenvalue weighted by molar-refractivity contribution is 0.0294. The number of carbonyl (C=O) groups is 1. The van der Waals surface area contributed by atoms with E-state index in [0.29, 0.717) is 23.9 Å². The number of benzene rings is 1. The highest BCUT2D eigenvalue weighted by Crippen LogP contribution is 2.42. The van der Waals surface area contributed by atoms with Gasteiger partial charge in [-0.3, -0.25) is 9.58 Å². The molecule has 1 aromatic carbocycles. The average Bonchev–Trinajstić information content (AvgIpc) is 3.25. The van der Waals surface area contributed by atoms with Crippen molar-refractivity contribution in [3.63, 3.8) is 0 Å². The maximum atomic E-state index is 12.4. The average molecular weight is 452 g/mol. The Hall–Kier alpha value is -2.54. The molecule has 1 aliphatic carbocycles. The highest BCUT2D eigenvalue weighted by atomic mass is 16.5. The minimum absolute atomic E-state index is 0.00850. The third-order valence-corrected chi connectivity index (χ3v) is 8.00. The first-order chi connectivity index (χ1) is 16.1. The fraction of sp³-hybridized carbons (Fsp3) is 0.615. The Morgan fingerprint density at radius 2 is 2.00 bits per heavy atom. The van der Waals surface area contributed by atoms with E-state index in [2.05, 4.69) is 39.4 Å². The van der Waals surface area contributed by atoms with Crippen LogP contribution in [0.4, 0.5) is 4.79 Å². The van der Waals surface area contributed by atoms with Crippen molar-refractivity contribution in [2.24, 2.45) is 13.0 Å². The van der Waals surface area contributed by atoms with Crippen molar-refractivity contribution in [1.82, 2.24) is 25.3 Å². The molecule has 1 saturated carbocycles. The van der Waals surface area contributed by atoms with Gasteiger partial charge in [-0.15, -0.1) is 0 Å². The monoisotopic (exact) mass is 451 g/mol. The summed E-state index contributed by atoms with van der Waals surface area (Å²) in [6.45, 7) is 2.89. The summed E-state index contributed by atoms with van der Waals surface area (Å²) in [6.07, 6.45) is 8.35. The van der Waals surface area contributed by atoms with Crippen LogP contribution in [-0.4, -0.2) is 59.5 Å². The van der Waals surface area contributed by atoms with Crippen molar-refractivity contribution in [1.29, 1.82) is 0 Å². The smallest absolute Gasteiger partial charge is 0.315 e. The van der Waals surface area contributed by atoms with Crippen molar-refractivity contribution in [3.05, 3.63) is 36.0 Å². The summed E-state index contributed by atoms with van der Waals surface area (Å²) in [5, 5.41) is 11.2. The second kappa shape index (κ2) is 9.75. The van der Waals surface area contributed by atoms with E-state index in [0.717, 1.165) is 55.9 Å². The Morgan fingerprint density at radius 1 is 1.18 bits per heavy atom. The van der Waals surface area contributed by atoms with Gasteiger partial charge in [0.05, 0.1) is 12.8 Å². The number of aromatic nitrogens is 2. The summed E-state index contributed by atoms with van der Waals surface area (Å²) in [6, 6.07) is 11.1. The lowest BCUT2D eigenvalue weighted by Crippen LogP contribution is -2.57. The van der Waals surface area contributed by atoms with Gasteiger partial charge in [-0.1, -0.05) is 31.4 Å². The summed E-state index contributed by atoms with van der Waals surface area (Å²) in [7, 11) is 3.76. The predicted octanol–water partition coefficient (Wildman–Crippen LogP) is 3.91. The number of para-hydroxylation sites is 1. The number of nitrogens with zero attached hydrogens (tertiary/aromatic N) is 3. The summed E-state index contributed by atoms with van der Waals surface area (Å²) < 4.78 is 7.61. The molecule has 2 bridgehead atoms. The number of nitrogens with one attached hydrogen (secondary N) is 2. The van der Waals surface area contributed by atoms with Gasteiger partial charge in [-0.05, 0) is 56.3 Å². The molecule has 33 heavy (non-hydrogen) atoms. The van der Waals surface area contributed by atoms with Gasteiger partial charge < -0.3 is 15.4 Å². The van der Waals surface area contributed by atoms with Crippen LogP contribution >= 0.6 is 0 Å². The van der Waals surface area contributed by atoms with Crippen LogP contribution in [0.5, 0.6) is 5.75 Å². The number of methoxy groups -OCH3 is 1. The fourth-order valence-corrected chi connectivity index (χ4v) is 6.20. The van der Waals surface area contributed by atoms with Crippen molar-refractivity contribution < 1.29 is 9.53 Å². The number of rotatable bonds is 6. The second-order valence-corrected chi connectivity index (χ2v) is 10.0. The van der Waals surface area contributed by atoms with Gasteiger partial charge in [0.25, 0.3) is 0 Å². The van der Waals surface area contributed by atoms with Gasteiger partial charge in [0, 0.05) is 49.4 Å². The molecule has 178 valence electrons. The molecular formula is C26H37N5O2. The van der Waals surface area contributed by atoms with Crippen LogP contribution in [-0.2, 0) is 7.05 Å². The minimum Gasteiger partial charge on any atom is -0.496 e. The van der Waals surface area contributed by atoms with Gasteiger partial charge in [0.15, 0.2) is 0 Å². The maximum Gasteiger partial charge on any atom is 0.315 e. The SMILES string of the molecule is COc1ccccc1-c1cc([C@H]2CN3CC[C@H]2C[C@@H]3CNC(=O)NC2CCCCC2)n(C)n1. The van der Waals surface area contributed by atoms with Crippen LogP contribution in [0.25, 0.3) is 11.3 Å². The van der Waals surface area contributed by atoms with Gasteiger partial charge in [0.1, 0.15) is 5.75 Å². The van der Waals surface area contributed by atoms with Crippen molar-refractivity contribution in [3.8, 4) is 17.0 Å². The number of fused-ring (bicyclic) bond motifs is 3. The molecule has 2 amide bonds. The Kier molecular flexibility index (Phi) is 6.58. The second-order valence-electron chi connectivity index (χ2n) is 10.0. The van der Waals surface area contributed by atoms with E-state index in [1.807, 2.05) is 18.2 Å². The van der Waals surface area contributed by atoms with E-state index < -0.39 is 0 Å². The molecule has 4 fully saturated rings. The largest absolute Gasteiger partial charge is 0.496 e. The standard InChI is InChI=1S/C26H37N5O2/c1-30-24(15-23(29-30)21-10-6-7-11-25(21)33-2)22-17-31-13-12-18(22)14-20(31)16-27-26(32)28-19-8-4-3-5-9-19/h6-7,10-11,15,18-20,22H,3-5,8-9,12-14,16-17H2,1-2H3,(H2,27,28,32)/t18-,20+,22-/m0/s1. The molecule has 1 unspecified atom stereocenters. The van der Waals surface area contributed by atoms with E-state index in [1.54, 1.807) is 7.11 Å². The highest BCUT2D eigenvalue weighted by Gasteiger charge is 2.42. The predicted molar refractivity (Wildman–Crippen MR) is 129 cm³/mol. The Morgan fingerprint density at radius 3 is 2.76 bits per heavy atom. The third-order valence-electron chi connectivity index (χ3n) is 8.00. The first kappa shape index (κ1) is 22.3. The van der Waals surface area contributed by atoms with Crippen LogP contribution in [0.15, 0.2) is 30.3 Å². The van der Waals surface area contributed by atoms with E-state index in [-0.39, 0.29) is 6.03 Å². The summed E-state index contributed by atoms with van der Waals surface area (Å²) in [5.41, 5.74) is 3.31. The zero-order valence-electron chi connectivity index (χ0n) is 19.9. The van der Waals surface area contributed by atoms with E-state index in [1.165, 1.54) is 31.4 Å². The number of piperidine rings is 3. The van der Waals surface area contributed by atoms with E-state index in [9.17, 15) is 4.79 Å². The Labute approximate surface area is 196 Å². The first-order valence-corrected chi connectivity index (χ1v) is 12.6. The molecule has 4 aliphatic rings. The minimum atomic E-state index is 0.00850. The zero-order valence-corrected chi connectivity index (χ0v) is 19.9. The van der Waals surface area contributed by atoms with Gasteiger partial charge >= 0.3 is 6.03 Å². The van der Waals surface area contributed by atoms with Crippen LogP contribution in [0.1, 0.15) is 56.6 Å². The molecule has 4 heterocycles. The summed E-state index contributed by atoms with van der Waals surface area (Å²) >= 11 is 0. The number of urea groups is 1. The number of hydrogen-bond acceptors (Lipinski definition) is 4. The zero-order chi connectivity index (χ0) is 22.8. The number of hydrogen-bond donors (Lipinski definition) is 2. The van der Waals surface area contributed by atoms with Gasteiger partial charge in [0.2, 0.25) is 0 Å². The molecule has 2 aromatic rings. The van der Waals surface area contributed by atoms with Crippen LogP contribution in [0.3, 0.4) is 0 Å². The number of carbonyl (C=O) groups excluding carboxylic acids is 1. The molecule has 7 heteroatoms. The molecule has 3 saturated heterocycles.